The molecule has 2 aliphatic rings. The number of aromatic nitrogens is 2. The van der Waals surface area contributed by atoms with Gasteiger partial charge in [0.15, 0.2) is 11.5 Å². The molecule has 1 aliphatic heterocycles. The zero-order chi connectivity index (χ0) is 15.4. The molecule has 5 rings (SSSR count). The zero-order valence-electron chi connectivity index (χ0n) is 12.2. The van der Waals surface area contributed by atoms with Gasteiger partial charge in [-0.15, -0.1) is 0 Å². The molecule has 0 radical (unpaired) electrons. The van der Waals surface area contributed by atoms with Gasteiger partial charge in [0.05, 0.1) is 17.1 Å². The molecule has 112 valence electrons. The summed E-state index contributed by atoms with van der Waals surface area (Å²) >= 11 is 0. The number of nitriles is 1. The number of aromatic amines is 1. The molecule has 5 heteroatoms. The summed E-state index contributed by atoms with van der Waals surface area (Å²) < 4.78 is 11.0. The highest BCUT2D eigenvalue weighted by molar-refractivity contribution is 5.75. The van der Waals surface area contributed by atoms with E-state index in [0.717, 1.165) is 40.3 Å². The zero-order valence-corrected chi connectivity index (χ0v) is 12.2. The number of ether oxygens (including phenoxy) is 2. The van der Waals surface area contributed by atoms with Crippen molar-refractivity contribution in [2.45, 2.75) is 17.8 Å². The number of nitrogens with one attached hydrogen (secondary N) is 1. The highest BCUT2D eigenvalue weighted by Gasteiger charge is 2.60. The third kappa shape index (κ3) is 1.63. The fraction of sp³-hybridized carbons (Fsp3) is 0.222. The number of nitrogens with zero attached hydrogens (tertiary/aromatic N) is 2. The van der Waals surface area contributed by atoms with E-state index in [1.807, 2.05) is 42.5 Å². The first-order valence-electron chi connectivity index (χ1n) is 7.57. The van der Waals surface area contributed by atoms with E-state index in [2.05, 4.69) is 16.0 Å². The molecule has 3 aromatic rings. The molecule has 1 aliphatic carbocycles. The van der Waals surface area contributed by atoms with Gasteiger partial charge in [0.2, 0.25) is 6.79 Å². The number of hydrogen-bond donors (Lipinski definition) is 1. The molecule has 2 heterocycles. The number of imidazole rings is 1. The Labute approximate surface area is 132 Å². The second kappa shape index (κ2) is 4.26. The average molecular weight is 303 g/mol. The van der Waals surface area contributed by atoms with Gasteiger partial charge in [-0.2, -0.15) is 5.26 Å². The lowest BCUT2D eigenvalue weighted by Gasteiger charge is -2.08. The van der Waals surface area contributed by atoms with Gasteiger partial charge >= 0.3 is 0 Å². The van der Waals surface area contributed by atoms with Crippen molar-refractivity contribution < 1.29 is 9.47 Å². The standard InChI is InChI=1S/C18H13N3O2/c19-9-18(17-20-13-5-1-2-6-14(13)21-17)8-12(18)11-4-3-7-15-16(11)23-10-22-15/h1-7,12H,8,10H2,(H,20,21)/t12-,18-/m1/s1. The smallest absolute Gasteiger partial charge is 0.231 e. The van der Waals surface area contributed by atoms with Crippen LogP contribution in [0.5, 0.6) is 11.5 Å². The Kier molecular flexibility index (Phi) is 2.32. The molecule has 0 saturated heterocycles. The SMILES string of the molecule is N#C[C@]1(c2nc3ccccc3[nH]2)C[C@@H]1c1cccc2c1OCO2. The normalized spacial score (nSPS) is 24.6. The number of H-pyrrole nitrogens is 1. The van der Waals surface area contributed by atoms with E-state index in [0.29, 0.717) is 0 Å². The van der Waals surface area contributed by atoms with E-state index in [4.69, 9.17) is 9.47 Å². The quantitative estimate of drug-likeness (QED) is 0.789. The largest absolute Gasteiger partial charge is 0.454 e. The number of fused-ring (bicyclic) bond motifs is 2. The Balaban J connectivity index is 1.60. The number of hydrogen-bond acceptors (Lipinski definition) is 4. The first-order valence-corrected chi connectivity index (χ1v) is 7.57. The number of rotatable bonds is 2. The summed E-state index contributed by atoms with van der Waals surface area (Å²) in [6.45, 7) is 0.239. The minimum atomic E-state index is -0.611. The Morgan fingerprint density at radius 3 is 2.96 bits per heavy atom. The minimum Gasteiger partial charge on any atom is -0.454 e. The molecule has 0 bridgehead atoms. The van der Waals surface area contributed by atoms with Gasteiger partial charge in [-0.25, -0.2) is 4.98 Å². The van der Waals surface area contributed by atoms with Crippen LogP contribution in [0.3, 0.4) is 0 Å². The molecule has 5 nitrogen and oxygen atoms in total. The van der Waals surface area contributed by atoms with Crippen LogP contribution in [0.15, 0.2) is 42.5 Å². The van der Waals surface area contributed by atoms with E-state index >= 15 is 0 Å². The highest BCUT2D eigenvalue weighted by atomic mass is 16.7. The number of benzene rings is 2. The lowest BCUT2D eigenvalue weighted by molar-refractivity contribution is 0.173. The lowest BCUT2D eigenvalue weighted by atomic mass is 9.99. The topological polar surface area (TPSA) is 70.9 Å². The van der Waals surface area contributed by atoms with Crippen molar-refractivity contribution in [1.82, 2.24) is 9.97 Å². The summed E-state index contributed by atoms with van der Waals surface area (Å²) in [4.78, 5) is 7.95. The fourth-order valence-corrected chi connectivity index (χ4v) is 3.47. The molecular weight excluding hydrogens is 290 g/mol. The molecule has 1 aromatic heterocycles. The molecule has 1 N–H and O–H groups in total. The Bertz CT molecular complexity index is 939. The third-order valence-corrected chi connectivity index (χ3v) is 4.77. The molecule has 0 amide bonds. The molecule has 2 atom stereocenters. The van der Waals surface area contributed by atoms with Crippen LogP contribution in [0, 0.1) is 11.3 Å². The predicted octanol–water partition coefficient (Wildman–Crippen LogP) is 3.24. The van der Waals surface area contributed by atoms with E-state index in [9.17, 15) is 5.26 Å². The van der Waals surface area contributed by atoms with Gasteiger partial charge in [0.1, 0.15) is 11.2 Å². The second-order valence-corrected chi connectivity index (χ2v) is 6.02. The van der Waals surface area contributed by atoms with Crippen LogP contribution < -0.4 is 9.47 Å². The first-order chi connectivity index (χ1) is 11.3. The van der Waals surface area contributed by atoms with E-state index in [1.54, 1.807) is 0 Å². The maximum Gasteiger partial charge on any atom is 0.231 e. The molecular formula is C18H13N3O2. The van der Waals surface area contributed by atoms with E-state index in [-0.39, 0.29) is 12.7 Å². The van der Waals surface area contributed by atoms with Crippen LogP contribution in [0.4, 0.5) is 0 Å². The summed E-state index contributed by atoms with van der Waals surface area (Å²) in [6, 6.07) is 16.2. The van der Waals surface area contributed by atoms with Gasteiger partial charge in [-0.3, -0.25) is 0 Å². The third-order valence-electron chi connectivity index (χ3n) is 4.77. The minimum absolute atomic E-state index is 0.0738. The van der Waals surface area contributed by atoms with Crippen LogP contribution in [-0.4, -0.2) is 16.8 Å². The van der Waals surface area contributed by atoms with Gasteiger partial charge in [0, 0.05) is 11.5 Å². The summed E-state index contributed by atoms with van der Waals surface area (Å²) in [5.74, 6) is 2.34. The Morgan fingerprint density at radius 1 is 1.17 bits per heavy atom. The van der Waals surface area contributed by atoms with Crippen LogP contribution in [-0.2, 0) is 5.41 Å². The second-order valence-electron chi connectivity index (χ2n) is 6.02. The van der Waals surface area contributed by atoms with Gasteiger partial charge in [0.25, 0.3) is 0 Å². The molecule has 0 unspecified atom stereocenters. The van der Waals surface area contributed by atoms with Crippen molar-refractivity contribution in [3.05, 3.63) is 53.9 Å². The van der Waals surface area contributed by atoms with Crippen molar-refractivity contribution in [3.63, 3.8) is 0 Å². The van der Waals surface area contributed by atoms with E-state index in [1.165, 1.54) is 0 Å². The van der Waals surface area contributed by atoms with Crippen molar-refractivity contribution >= 4 is 11.0 Å². The molecule has 1 saturated carbocycles. The van der Waals surface area contributed by atoms with Crippen LogP contribution in [0.1, 0.15) is 23.7 Å². The lowest BCUT2D eigenvalue weighted by Crippen LogP contribution is -2.09. The van der Waals surface area contributed by atoms with Crippen molar-refractivity contribution in [3.8, 4) is 17.6 Å². The first kappa shape index (κ1) is 12.5. The Hall–Kier alpha value is -3.00. The summed E-state index contributed by atoms with van der Waals surface area (Å²) in [5.41, 5.74) is 2.27. The van der Waals surface area contributed by atoms with Crippen molar-refractivity contribution in [2.24, 2.45) is 0 Å². The number of para-hydroxylation sites is 3. The van der Waals surface area contributed by atoms with Crippen LogP contribution >= 0.6 is 0 Å². The fourth-order valence-electron chi connectivity index (χ4n) is 3.47. The van der Waals surface area contributed by atoms with Crippen molar-refractivity contribution in [2.75, 3.05) is 6.79 Å². The van der Waals surface area contributed by atoms with Crippen LogP contribution in [0.2, 0.25) is 0 Å². The Morgan fingerprint density at radius 2 is 2.09 bits per heavy atom. The van der Waals surface area contributed by atoms with Gasteiger partial charge in [-0.1, -0.05) is 24.3 Å². The van der Waals surface area contributed by atoms with E-state index < -0.39 is 5.41 Å². The molecule has 23 heavy (non-hydrogen) atoms. The molecule has 2 aromatic carbocycles. The van der Waals surface area contributed by atoms with Crippen LogP contribution in [0.25, 0.3) is 11.0 Å². The summed E-state index contributed by atoms with van der Waals surface area (Å²) in [7, 11) is 0. The molecule has 1 fully saturated rings. The summed E-state index contributed by atoms with van der Waals surface area (Å²) in [6.07, 6.45) is 0.739. The average Bonchev–Trinajstić information content (AvgIpc) is 2.95. The maximum absolute atomic E-state index is 9.83. The summed E-state index contributed by atoms with van der Waals surface area (Å²) in [5, 5.41) is 9.83. The highest BCUT2D eigenvalue weighted by Crippen LogP contribution is 2.62. The molecule has 0 spiro atoms. The van der Waals surface area contributed by atoms with Gasteiger partial charge < -0.3 is 14.5 Å². The monoisotopic (exact) mass is 303 g/mol. The van der Waals surface area contributed by atoms with Gasteiger partial charge in [-0.05, 0) is 24.6 Å². The van der Waals surface area contributed by atoms with Crippen molar-refractivity contribution in [1.29, 1.82) is 5.26 Å². The predicted molar refractivity (Wildman–Crippen MR) is 83.3 cm³/mol. The maximum atomic E-state index is 9.83.